The van der Waals surface area contributed by atoms with Crippen molar-refractivity contribution in [1.82, 2.24) is 15.1 Å². The van der Waals surface area contributed by atoms with E-state index in [2.05, 4.69) is 10.2 Å². The second-order valence-electron chi connectivity index (χ2n) is 6.31. The molecule has 3 heterocycles. The summed E-state index contributed by atoms with van der Waals surface area (Å²) in [6.07, 6.45) is 4.73. The lowest BCUT2D eigenvalue weighted by Gasteiger charge is -2.29. The van der Waals surface area contributed by atoms with Gasteiger partial charge in [-0.2, -0.15) is 5.10 Å². The number of nitrogens with zero attached hydrogens (tertiary/aromatic N) is 4. The number of carbonyl (C=O) groups excluding carboxylic acids is 1. The van der Waals surface area contributed by atoms with Gasteiger partial charge in [-0.25, -0.2) is 0 Å². The summed E-state index contributed by atoms with van der Waals surface area (Å²) < 4.78 is 5.59. The van der Waals surface area contributed by atoms with Crippen LogP contribution in [0.2, 0.25) is 0 Å². The molecule has 3 rings (SSSR count). The van der Waals surface area contributed by atoms with Crippen LogP contribution in [-0.4, -0.2) is 54.4 Å². The summed E-state index contributed by atoms with van der Waals surface area (Å²) in [5, 5.41) is 8.50. The highest BCUT2D eigenvalue weighted by Crippen LogP contribution is 2.22. The first-order valence-corrected chi connectivity index (χ1v) is 8.05. The second kappa shape index (κ2) is 6.60. The van der Waals surface area contributed by atoms with E-state index in [9.17, 15) is 4.79 Å². The Morgan fingerprint density at radius 2 is 2.32 bits per heavy atom. The van der Waals surface area contributed by atoms with E-state index in [0.29, 0.717) is 13.0 Å². The fourth-order valence-corrected chi connectivity index (χ4v) is 3.06. The van der Waals surface area contributed by atoms with Crippen molar-refractivity contribution >= 4 is 11.7 Å². The first kappa shape index (κ1) is 15.2. The molecule has 1 aromatic heterocycles. The Labute approximate surface area is 131 Å². The van der Waals surface area contributed by atoms with Gasteiger partial charge < -0.3 is 14.5 Å². The zero-order valence-electron chi connectivity index (χ0n) is 13.4. The minimum Gasteiger partial charge on any atom is -0.378 e. The maximum atomic E-state index is 12.4. The summed E-state index contributed by atoms with van der Waals surface area (Å²) in [6.45, 7) is 2.24. The molecular formula is C16H24N4O2. The maximum absolute atomic E-state index is 12.4. The largest absolute Gasteiger partial charge is 0.378 e. The van der Waals surface area contributed by atoms with Crippen LogP contribution in [0, 0.1) is 0 Å². The predicted octanol–water partition coefficient (Wildman–Crippen LogP) is 1.39. The van der Waals surface area contributed by atoms with Gasteiger partial charge in [0.15, 0.2) is 5.82 Å². The van der Waals surface area contributed by atoms with Gasteiger partial charge in [0.05, 0.1) is 11.8 Å². The van der Waals surface area contributed by atoms with Gasteiger partial charge in [-0.15, -0.1) is 5.10 Å². The van der Waals surface area contributed by atoms with Gasteiger partial charge in [0.25, 0.3) is 0 Å². The fourth-order valence-electron chi connectivity index (χ4n) is 3.06. The molecule has 1 aromatic rings. The summed E-state index contributed by atoms with van der Waals surface area (Å²) in [4.78, 5) is 16.3. The van der Waals surface area contributed by atoms with Crippen LogP contribution in [0.25, 0.3) is 0 Å². The number of ether oxygens (including phenoxy) is 1. The molecule has 2 aliphatic heterocycles. The minimum atomic E-state index is 0.226. The third kappa shape index (κ3) is 3.38. The average molecular weight is 304 g/mol. The van der Waals surface area contributed by atoms with Crippen molar-refractivity contribution in [2.24, 2.45) is 0 Å². The smallest absolute Gasteiger partial charge is 0.222 e. The van der Waals surface area contributed by atoms with E-state index < -0.39 is 0 Å². The van der Waals surface area contributed by atoms with Gasteiger partial charge in [0, 0.05) is 46.6 Å². The molecule has 0 spiro atoms. The molecule has 0 aliphatic carbocycles. The van der Waals surface area contributed by atoms with E-state index >= 15 is 0 Å². The molecule has 0 bridgehead atoms. The third-order valence-electron chi connectivity index (χ3n) is 4.44. The number of carbonyl (C=O) groups is 1. The molecular weight excluding hydrogens is 280 g/mol. The fraction of sp³-hybridized carbons (Fsp3) is 0.688. The van der Waals surface area contributed by atoms with E-state index in [0.717, 1.165) is 55.9 Å². The van der Waals surface area contributed by atoms with Crippen molar-refractivity contribution in [2.75, 3.05) is 32.1 Å². The van der Waals surface area contributed by atoms with Crippen LogP contribution in [0.5, 0.6) is 0 Å². The SMILES string of the molecule is CN(C)c1cc2c(nn1)CCN(C(=O)CC[C@H]1CCCO1)C2. The monoisotopic (exact) mass is 304 g/mol. The molecule has 2 aliphatic rings. The van der Waals surface area contributed by atoms with E-state index in [1.165, 1.54) is 0 Å². The van der Waals surface area contributed by atoms with Crippen molar-refractivity contribution in [1.29, 1.82) is 0 Å². The van der Waals surface area contributed by atoms with Gasteiger partial charge in [-0.3, -0.25) is 4.79 Å². The number of aromatic nitrogens is 2. The lowest BCUT2D eigenvalue weighted by atomic mass is 10.0. The quantitative estimate of drug-likeness (QED) is 0.841. The minimum absolute atomic E-state index is 0.226. The van der Waals surface area contributed by atoms with E-state index in [-0.39, 0.29) is 12.0 Å². The van der Waals surface area contributed by atoms with Crippen molar-refractivity contribution in [2.45, 2.75) is 44.8 Å². The number of amides is 1. The zero-order valence-corrected chi connectivity index (χ0v) is 13.4. The maximum Gasteiger partial charge on any atom is 0.222 e. The highest BCUT2D eigenvalue weighted by molar-refractivity contribution is 5.76. The van der Waals surface area contributed by atoms with E-state index in [1.54, 1.807) is 0 Å². The predicted molar refractivity (Wildman–Crippen MR) is 83.7 cm³/mol. The van der Waals surface area contributed by atoms with Gasteiger partial charge >= 0.3 is 0 Å². The molecule has 0 N–H and O–H groups in total. The Morgan fingerprint density at radius 3 is 3.05 bits per heavy atom. The Bertz CT molecular complexity index is 541. The molecule has 0 radical (unpaired) electrons. The molecule has 0 aromatic carbocycles. The summed E-state index contributed by atoms with van der Waals surface area (Å²) in [6, 6.07) is 2.04. The normalized spacial score (nSPS) is 20.8. The molecule has 1 atom stereocenters. The average Bonchev–Trinajstić information content (AvgIpc) is 3.04. The Morgan fingerprint density at radius 1 is 1.45 bits per heavy atom. The molecule has 22 heavy (non-hydrogen) atoms. The molecule has 1 fully saturated rings. The van der Waals surface area contributed by atoms with Crippen LogP contribution >= 0.6 is 0 Å². The van der Waals surface area contributed by atoms with Crippen LogP contribution in [0.15, 0.2) is 6.07 Å². The number of hydrogen-bond acceptors (Lipinski definition) is 5. The molecule has 1 saturated heterocycles. The molecule has 6 nitrogen and oxygen atoms in total. The lowest BCUT2D eigenvalue weighted by Crippen LogP contribution is -2.37. The summed E-state index contributed by atoms with van der Waals surface area (Å²) in [7, 11) is 3.90. The standard InChI is InChI=1S/C16H24N4O2/c1-19(2)15-10-12-11-20(8-7-14(12)17-18-15)16(21)6-5-13-4-3-9-22-13/h10,13H,3-9,11H2,1-2H3/t13-/m1/s1. The number of hydrogen-bond donors (Lipinski definition) is 0. The highest BCUT2D eigenvalue weighted by Gasteiger charge is 2.24. The van der Waals surface area contributed by atoms with Gasteiger partial charge in [0.1, 0.15) is 0 Å². The number of rotatable bonds is 4. The molecule has 0 saturated carbocycles. The van der Waals surface area contributed by atoms with Crippen molar-refractivity contribution in [3.63, 3.8) is 0 Å². The first-order valence-electron chi connectivity index (χ1n) is 8.05. The van der Waals surface area contributed by atoms with Crippen LogP contribution in [0.4, 0.5) is 5.82 Å². The zero-order chi connectivity index (χ0) is 15.5. The van der Waals surface area contributed by atoms with E-state index in [4.69, 9.17) is 4.74 Å². The van der Waals surface area contributed by atoms with Gasteiger partial charge in [0.2, 0.25) is 5.91 Å². The van der Waals surface area contributed by atoms with Gasteiger partial charge in [-0.05, 0) is 30.9 Å². The molecule has 120 valence electrons. The third-order valence-corrected chi connectivity index (χ3v) is 4.44. The summed E-state index contributed by atoms with van der Waals surface area (Å²) in [5.74, 6) is 1.07. The summed E-state index contributed by atoms with van der Waals surface area (Å²) in [5.41, 5.74) is 2.14. The molecule has 1 amide bonds. The Hall–Kier alpha value is -1.69. The number of anilines is 1. The van der Waals surface area contributed by atoms with Crippen LogP contribution in [0.3, 0.4) is 0 Å². The van der Waals surface area contributed by atoms with Crippen LogP contribution in [0.1, 0.15) is 36.9 Å². The summed E-state index contributed by atoms with van der Waals surface area (Å²) >= 11 is 0. The Kier molecular flexibility index (Phi) is 4.57. The van der Waals surface area contributed by atoms with Crippen molar-refractivity contribution < 1.29 is 9.53 Å². The van der Waals surface area contributed by atoms with Crippen molar-refractivity contribution in [3.8, 4) is 0 Å². The first-order chi connectivity index (χ1) is 10.6. The van der Waals surface area contributed by atoms with Crippen LogP contribution in [-0.2, 0) is 22.5 Å². The van der Waals surface area contributed by atoms with Gasteiger partial charge in [-0.1, -0.05) is 0 Å². The van der Waals surface area contributed by atoms with Crippen LogP contribution < -0.4 is 4.90 Å². The number of fused-ring (bicyclic) bond motifs is 1. The lowest BCUT2D eigenvalue weighted by molar-refractivity contribution is -0.132. The molecule has 0 unspecified atom stereocenters. The highest BCUT2D eigenvalue weighted by atomic mass is 16.5. The Balaban J connectivity index is 1.60. The molecule has 6 heteroatoms. The van der Waals surface area contributed by atoms with Crippen molar-refractivity contribution in [3.05, 3.63) is 17.3 Å². The topological polar surface area (TPSA) is 58.6 Å². The van der Waals surface area contributed by atoms with E-state index in [1.807, 2.05) is 30.0 Å². The second-order valence-corrected chi connectivity index (χ2v) is 6.31.